The molecule has 0 N–H and O–H groups in total. The van der Waals surface area contributed by atoms with Gasteiger partial charge in [0.15, 0.2) is 0 Å². The van der Waals surface area contributed by atoms with Crippen LogP contribution >= 0.6 is 0 Å². The zero-order valence-electron chi connectivity index (χ0n) is 12.0. The first-order chi connectivity index (χ1) is 9.56. The molecule has 0 bridgehead atoms. The van der Waals surface area contributed by atoms with Crippen molar-refractivity contribution in [3.05, 3.63) is 27.9 Å². The van der Waals surface area contributed by atoms with Crippen molar-refractivity contribution < 1.29 is 14.5 Å². The van der Waals surface area contributed by atoms with Crippen molar-refractivity contribution in [2.24, 2.45) is 0 Å². The molecule has 1 rings (SSSR count). The molecule has 1 aromatic rings. The Balaban J connectivity index is 3.37. The number of hydrogen-bond acceptors (Lipinski definition) is 6. The molecule has 20 heavy (non-hydrogen) atoms. The minimum atomic E-state index is -0.728. The quantitative estimate of drug-likeness (QED) is 0.433. The summed E-state index contributed by atoms with van der Waals surface area (Å²) in [6, 6.07) is 1.31. The molecule has 1 heterocycles. The number of anilines is 1. The van der Waals surface area contributed by atoms with Crippen LogP contribution in [0.1, 0.15) is 37.0 Å². The summed E-state index contributed by atoms with van der Waals surface area (Å²) in [6.07, 6.45) is 3.06. The summed E-state index contributed by atoms with van der Waals surface area (Å²) in [5.41, 5.74) is -0.360. The van der Waals surface area contributed by atoms with E-state index >= 15 is 0 Å². The molecular weight excluding hydrogens is 262 g/mol. The molecule has 7 heteroatoms. The summed E-state index contributed by atoms with van der Waals surface area (Å²) in [5.74, 6) is -0.505. The van der Waals surface area contributed by atoms with Gasteiger partial charge in [0.2, 0.25) is 5.82 Å². The molecule has 0 aliphatic heterocycles. The normalized spacial score (nSPS) is 10.2. The van der Waals surface area contributed by atoms with Crippen molar-refractivity contribution in [2.45, 2.75) is 26.7 Å². The maximum atomic E-state index is 11.7. The molecule has 0 aliphatic carbocycles. The predicted octanol–water partition coefficient (Wildman–Crippen LogP) is 2.40. The average molecular weight is 281 g/mol. The van der Waals surface area contributed by atoms with Crippen LogP contribution in [0, 0.1) is 10.1 Å². The fourth-order valence-electron chi connectivity index (χ4n) is 1.99. The number of nitrogens with zero attached hydrogens (tertiary/aromatic N) is 3. The van der Waals surface area contributed by atoms with Gasteiger partial charge in [-0.15, -0.1) is 0 Å². The van der Waals surface area contributed by atoms with Gasteiger partial charge in [-0.1, -0.05) is 13.8 Å². The Kier molecular flexibility index (Phi) is 5.89. The lowest BCUT2D eigenvalue weighted by Crippen LogP contribution is -2.27. The lowest BCUT2D eigenvalue weighted by atomic mass is 10.2. The predicted molar refractivity (Wildman–Crippen MR) is 75.0 cm³/mol. The summed E-state index contributed by atoms with van der Waals surface area (Å²) in [5, 5.41) is 11.3. The Labute approximate surface area is 117 Å². The van der Waals surface area contributed by atoms with Gasteiger partial charge in [-0.25, -0.2) is 9.78 Å². The second-order valence-corrected chi connectivity index (χ2v) is 4.27. The number of rotatable bonds is 7. The molecule has 0 aliphatic rings. The van der Waals surface area contributed by atoms with Gasteiger partial charge in [0.25, 0.3) is 0 Å². The van der Waals surface area contributed by atoms with Gasteiger partial charge in [0, 0.05) is 19.3 Å². The van der Waals surface area contributed by atoms with Gasteiger partial charge >= 0.3 is 11.7 Å². The minimum Gasteiger partial charge on any atom is -0.465 e. The van der Waals surface area contributed by atoms with Crippen LogP contribution in [0.15, 0.2) is 12.3 Å². The fourth-order valence-corrected chi connectivity index (χ4v) is 1.99. The van der Waals surface area contributed by atoms with E-state index in [0.29, 0.717) is 13.1 Å². The molecule has 0 saturated carbocycles. The minimum absolute atomic E-state index is 0.0697. The molecule has 0 saturated heterocycles. The second-order valence-electron chi connectivity index (χ2n) is 4.27. The van der Waals surface area contributed by atoms with Crippen molar-refractivity contribution in [1.82, 2.24) is 4.98 Å². The molecule has 0 fully saturated rings. The molecule has 0 spiro atoms. The van der Waals surface area contributed by atoms with E-state index in [0.717, 1.165) is 12.8 Å². The summed E-state index contributed by atoms with van der Waals surface area (Å²) in [7, 11) is 1.20. The molecule has 7 nitrogen and oxygen atoms in total. The number of esters is 1. The monoisotopic (exact) mass is 281 g/mol. The summed E-state index contributed by atoms with van der Waals surface area (Å²) < 4.78 is 4.59. The van der Waals surface area contributed by atoms with Crippen LogP contribution in [0.4, 0.5) is 11.5 Å². The smallest absolute Gasteiger partial charge is 0.345 e. The van der Waals surface area contributed by atoms with Gasteiger partial charge in [-0.2, -0.15) is 0 Å². The lowest BCUT2D eigenvalue weighted by molar-refractivity contribution is -0.384. The maximum Gasteiger partial charge on any atom is 0.345 e. The molecule has 1 aromatic heterocycles. The zero-order chi connectivity index (χ0) is 15.1. The summed E-state index contributed by atoms with van der Waals surface area (Å²) >= 11 is 0. The van der Waals surface area contributed by atoms with Gasteiger partial charge in [-0.05, 0) is 18.9 Å². The number of hydrogen-bond donors (Lipinski definition) is 0. The fraction of sp³-hybridized carbons (Fsp3) is 0.538. The Morgan fingerprint density at radius 1 is 1.40 bits per heavy atom. The molecule has 0 radical (unpaired) electrons. The summed E-state index contributed by atoms with van der Waals surface area (Å²) in [6.45, 7) is 5.26. The van der Waals surface area contributed by atoms with E-state index in [9.17, 15) is 14.9 Å². The Hall–Kier alpha value is -2.18. The van der Waals surface area contributed by atoms with Crippen LogP contribution in [0.3, 0.4) is 0 Å². The highest BCUT2D eigenvalue weighted by Crippen LogP contribution is 2.30. The van der Waals surface area contributed by atoms with Gasteiger partial charge in [0.1, 0.15) is 5.56 Å². The van der Waals surface area contributed by atoms with E-state index in [-0.39, 0.29) is 17.1 Å². The van der Waals surface area contributed by atoms with Gasteiger partial charge in [0.05, 0.1) is 12.0 Å². The first-order valence-electron chi connectivity index (χ1n) is 6.53. The van der Waals surface area contributed by atoms with Crippen LogP contribution in [0.25, 0.3) is 0 Å². The SMILES string of the molecule is CCCN(CCC)c1nccc(C(=O)OC)c1[N+](=O)[O-]. The van der Waals surface area contributed by atoms with Crippen LogP contribution < -0.4 is 4.90 Å². The third-order valence-corrected chi connectivity index (χ3v) is 2.78. The number of carbonyl (C=O) groups is 1. The van der Waals surface area contributed by atoms with Crippen molar-refractivity contribution in [1.29, 1.82) is 0 Å². The topological polar surface area (TPSA) is 85.6 Å². The van der Waals surface area contributed by atoms with Crippen LogP contribution in [0.2, 0.25) is 0 Å². The largest absolute Gasteiger partial charge is 0.465 e. The maximum absolute atomic E-state index is 11.7. The first kappa shape index (κ1) is 15.9. The lowest BCUT2D eigenvalue weighted by Gasteiger charge is -2.22. The second kappa shape index (κ2) is 7.42. The number of aromatic nitrogens is 1. The number of nitro groups is 1. The third-order valence-electron chi connectivity index (χ3n) is 2.78. The van der Waals surface area contributed by atoms with Crippen molar-refractivity contribution in [3.8, 4) is 0 Å². The van der Waals surface area contributed by atoms with E-state index in [1.807, 2.05) is 18.7 Å². The molecule has 0 atom stereocenters. The standard InChI is InChI=1S/C13H19N3O4/c1-4-8-15(9-5-2)12-11(16(18)19)10(6-7-14-12)13(17)20-3/h6-7H,4-5,8-9H2,1-3H3. The van der Waals surface area contributed by atoms with E-state index in [4.69, 9.17) is 0 Å². The zero-order valence-corrected chi connectivity index (χ0v) is 12.0. The Morgan fingerprint density at radius 3 is 2.45 bits per heavy atom. The highest BCUT2D eigenvalue weighted by atomic mass is 16.6. The van der Waals surface area contributed by atoms with Crippen LogP contribution in [-0.4, -0.2) is 36.1 Å². The van der Waals surface area contributed by atoms with Crippen LogP contribution in [0.5, 0.6) is 0 Å². The van der Waals surface area contributed by atoms with Crippen molar-refractivity contribution in [3.63, 3.8) is 0 Å². The highest BCUT2D eigenvalue weighted by Gasteiger charge is 2.29. The molecule has 110 valence electrons. The molecular formula is C13H19N3O4. The van der Waals surface area contributed by atoms with Gasteiger partial charge < -0.3 is 9.64 Å². The molecule has 0 unspecified atom stereocenters. The number of ether oxygens (including phenoxy) is 1. The average Bonchev–Trinajstić information content (AvgIpc) is 2.45. The van der Waals surface area contributed by atoms with Gasteiger partial charge in [-0.3, -0.25) is 10.1 Å². The Morgan fingerprint density at radius 2 is 2.00 bits per heavy atom. The van der Waals surface area contributed by atoms with E-state index in [2.05, 4.69) is 9.72 Å². The summed E-state index contributed by atoms with van der Waals surface area (Å²) in [4.78, 5) is 28.3. The Bertz CT molecular complexity index is 485. The van der Waals surface area contributed by atoms with E-state index in [1.54, 1.807) is 0 Å². The van der Waals surface area contributed by atoms with E-state index < -0.39 is 10.9 Å². The molecule has 0 amide bonds. The van der Waals surface area contributed by atoms with E-state index in [1.165, 1.54) is 19.4 Å². The number of methoxy groups -OCH3 is 1. The molecule has 0 aromatic carbocycles. The van der Waals surface area contributed by atoms with Crippen LogP contribution in [-0.2, 0) is 4.74 Å². The third kappa shape index (κ3) is 3.43. The number of carbonyl (C=O) groups excluding carboxylic acids is 1. The number of pyridine rings is 1. The first-order valence-corrected chi connectivity index (χ1v) is 6.53. The van der Waals surface area contributed by atoms with Crippen molar-refractivity contribution >= 4 is 17.5 Å². The highest BCUT2D eigenvalue weighted by molar-refractivity contribution is 5.96. The van der Waals surface area contributed by atoms with Crippen molar-refractivity contribution in [2.75, 3.05) is 25.1 Å².